The Morgan fingerprint density at radius 3 is 2.11 bits per heavy atom. The van der Waals surface area contributed by atoms with E-state index >= 15 is 0 Å². The number of benzene rings is 2. The molecule has 0 amide bonds. The second-order valence-corrected chi connectivity index (χ2v) is 5.21. The van der Waals surface area contributed by atoms with Crippen molar-refractivity contribution >= 4 is 11.4 Å². The Kier molecular flexibility index (Phi) is 3.41. The number of nitrogens with zero attached hydrogens (tertiary/aromatic N) is 1. The standard InChI is InChI=1S/C17H20N2/c1-19(15-10-6-3-7-11-15)17-13-12-16(17)18-14-8-4-2-5-9-14/h2-11,16-18H,12-13H2,1H3/t16?,17-/m1/s1. The van der Waals surface area contributed by atoms with Crippen molar-refractivity contribution in [2.75, 3.05) is 17.3 Å². The van der Waals surface area contributed by atoms with Crippen LogP contribution in [0.4, 0.5) is 11.4 Å². The lowest BCUT2D eigenvalue weighted by Crippen LogP contribution is -2.52. The van der Waals surface area contributed by atoms with Crippen molar-refractivity contribution in [3.05, 3.63) is 60.7 Å². The van der Waals surface area contributed by atoms with E-state index in [0.717, 1.165) is 0 Å². The quantitative estimate of drug-likeness (QED) is 0.891. The predicted molar refractivity (Wildman–Crippen MR) is 81.7 cm³/mol. The molecule has 1 fully saturated rings. The summed E-state index contributed by atoms with van der Waals surface area (Å²) in [6.45, 7) is 0. The first-order valence-electron chi connectivity index (χ1n) is 6.94. The van der Waals surface area contributed by atoms with Crippen LogP contribution in [-0.2, 0) is 0 Å². The Morgan fingerprint density at radius 1 is 0.895 bits per heavy atom. The number of hydrogen-bond donors (Lipinski definition) is 1. The fourth-order valence-electron chi connectivity index (χ4n) is 2.72. The van der Waals surface area contributed by atoms with E-state index in [1.807, 2.05) is 0 Å². The molecule has 2 atom stereocenters. The summed E-state index contributed by atoms with van der Waals surface area (Å²) in [5, 5.41) is 3.64. The summed E-state index contributed by atoms with van der Waals surface area (Å²) < 4.78 is 0. The van der Waals surface area contributed by atoms with Crippen LogP contribution >= 0.6 is 0 Å². The minimum atomic E-state index is 0.549. The molecule has 0 bridgehead atoms. The van der Waals surface area contributed by atoms with E-state index in [4.69, 9.17) is 0 Å². The third kappa shape index (κ3) is 2.58. The van der Waals surface area contributed by atoms with Gasteiger partial charge in [-0.1, -0.05) is 36.4 Å². The zero-order valence-electron chi connectivity index (χ0n) is 11.3. The van der Waals surface area contributed by atoms with E-state index in [1.54, 1.807) is 0 Å². The molecule has 3 rings (SSSR count). The first-order valence-corrected chi connectivity index (χ1v) is 6.94. The van der Waals surface area contributed by atoms with Crippen molar-refractivity contribution in [2.45, 2.75) is 24.9 Å². The topological polar surface area (TPSA) is 15.3 Å². The maximum absolute atomic E-state index is 3.64. The Bertz CT molecular complexity index is 509. The normalized spacial score (nSPS) is 21.5. The maximum Gasteiger partial charge on any atom is 0.0488 e. The fourth-order valence-corrected chi connectivity index (χ4v) is 2.72. The van der Waals surface area contributed by atoms with Crippen LogP contribution in [0.1, 0.15) is 12.8 Å². The lowest BCUT2D eigenvalue weighted by Gasteiger charge is -2.44. The molecule has 0 heterocycles. The molecule has 0 aliphatic heterocycles. The summed E-state index contributed by atoms with van der Waals surface area (Å²) >= 11 is 0. The molecule has 1 aliphatic carbocycles. The highest BCUT2D eigenvalue weighted by molar-refractivity contribution is 5.50. The molecular formula is C17H20N2. The SMILES string of the molecule is CN(c1ccccc1)[C@@H]1CCC1Nc1ccccc1. The first kappa shape index (κ1) is 12.1. The van der Waals surface area contributed by atoms with Gasteiger partial charge in [0.2, 0.25) is 0 Å². The number of likely N-dealkylation sites (N-methyl/N-ethyl adjacent to an activating group) is 1. The predicted octanol–water partition coefficient (Wildman–Crippen LogP) is 3.77. The molecule has 0 spiro atoms. The summed E-state index contributed by atoms with van der Waals surface area (Å²) in [6.07, 6.45) is 2.51. The van der Waals surface area contributed by atoms with Crippen molar-refractivity contribution < 1.29 is 0 Å². The summed E-state index contributed by atoms with van der Waals surface area (Å²) in [7, 11) is 2.19. The van der Waals surface area contributed by atoms with Gasteiger partial charge in [-0.3, -0.25) is 0 Å². The van der Waals surface area contributed by atoms with Gasteiger partial charge in [0.1, 0.15) is 0 Å². The van der Waals surface area contributed by atoms with E-state index in [9.17, 15) is 0 Å². The Hall–Kier alpha value is -1.96. The molecule has 2 aromatic carbocycles. The van der Waals surface area contributed by atoms with Crippen molar-refractivity contribution in [1.29, 1.82) is 0 Å². The maximum atomic E-state index is 3.64. The summed E-state index contributed by atoms with van der Waals surface area (Å²) in [6, 6.07) is 22.3. The molecule has 2 aromatic rings. The summed E-state index contributed by atoms with van der Waals surface area (Å²) in [5.41, 5.74) is 2.52. The molecule has 0 aromatic heterocycles. The smallest absolute Gasteiger partial charge is 0.0488 e. The number of nitrogens with one attached hydrogen (secondary N) is 1. The van der Waals surface area contributed by atoms with Gasteiger partial charge in [-0.05, 0) is 37.1 Å². The first-order chi connectivity index (χ1) is 9.34. The van der Waals surface area contributed by atoms with Gasteiger partial charge in [-0.25, -0.2) is 0 Å². The van der Waals surface area contributed by atoms with Crippen LogP contribution in [-0.4, -0.2) is 19.1 Å². The monoisotopic (exact) mass is 252 g/mol. The van der Waals surface area contributed by atoms with E-state index in [1.165, 1.54) is 24.2 Å². The fraction of sp³-hybridized carbons (Fsp3) is 0.294. The van der Waals surface area contributed by atoms with Crippen LogP contribution < -0.4 is 10.2 Å². The minimum Gasteiger partial charge on any atom is -0.380 e. The van der Waals surface area contributed by atoms with Crippen LogP contribution in [0.15, 0.2) is 60.7 Å². The van der Waals surface area contributed by atoms with Gasteiger partial charge in [0, 0.05) is 30.5 Å². The molecule has 0 saturated heterocycles. The zero-order chi connectivity index (χ0) is 13.1. The van der Waals surface area contributed by atoms with Crippen molar-refractivity contribution in [3.63, 3.8) is 0 Å². The minimum absolute atomic E-state index is 0.549. The van der Waals surface area contributed by atoms with Crippen molar-refractivity contribution in [2.24, 2.45) is 0 Å². The van der Waals surface area contributed by atoms with Crippen molar-refractivity contribution in [3.8, 4) is 0 Å². The molecular weight excluding hydrogens is 232 g/mol. The summed E-state index contributed by atoms with van der Waals surface area (Å²) in [5.74, 6) is 0. The van der Waals surface area contributed by atoms with E-state index in [-0.39, 0.29) is 0 Å². The van der Waals surface area contributed by atoms with Crippen molar-refractivity contribution in [1.82, 2.24) is 0 Å². The van der Waals surface area contributed by atoms with Crippen LogP contribution in [0.5, 0.6) is 0 Å². The number of rotatable bonds is 4. The lowest BCUT2D eigenvalue weighted by molar-refractivity contribution is 0.357. The van der Waals surface area contributed by atoms with Crippen LogP contribution in [0.25, 0.3) is 0 Å². The van der Waals surface area contributed by atoms with Gasteiger partial charge in [-0.2, -0.15) is 0 Å². The molecule has 2 heteroatoms. The van der Waals surface area contributed by atoms with Gasteiger partial charge in [0.25, 0.3) is 0 Å². The second-order valence-electron chi connectivity index (χ2n) is 5.21. The number of hydrogen-bond acceptors (Lipinski definition) is 2. The molecule has 2 nitrogen and oxygen atoms in total. The van der Waals surface area contributed by atoms with Crippen LogP contribution in [0.3, 0.4) is 0 Å². The van der Waals surface area contributed by atoms with Crippen LogP contribution in [0, 0.1) is 0 Å². The average molecular weight is 252 g/mol. The Balaban J connectivity index is 1.66. The average Bonchev–Trinajstić information content (AvgIpc) is 2.46. The zero-order valence-corrected chi connectivity index (χ0v) is 11.3. The third-order valence-electron chi connectivity index (χ3n) is 4.02. The highest BCUT2D eigenvalue weighted by atomic mass is 15.2. The third-order valence-corrected chi connectivity index (χ3v) is 4.02. The number of anilines is 2. The van der Waals surface area contributed by atoms with Crippen LogP contribution in [0.2, 0.25) is 0 Å². The van der Waals surface area contributed by atoms with Gasteiger partial charge >= 0.3 is 0 Å². The van der Waals surface area contributed by atoms with E-state index < -0.39 is 0 Å². The van der Waals surface area contributed by atoms with E-state index in [0.29, 0.717) is 12.1 Å². The molecule has 1 saturated carbocycles. The lowest BCUT2D eigenvalue weighted by atomic mass is 9.84. The number of para-hydroxylation sites is 2. The van der Waals surface area contributed by atoms with E-state index in [2.05, 4.69) is 77.9 Å². The van der Waals surface area contributed by atoms with Gasteiger partial charge in [0.15, 0.2) is 0 Å². The highest BCUT2D eigenvalue weighted by Crippen LogP contribution is 2.31. The molecule has 19 heavy (non-hydrogen) atoms. The second kappa shape index (κ2) is 5.35. The Labute approximate surface area is 115 Å². The van der Waals surface area contributed by atoms with Gasteiger partial charge in [0.05, 0.1) is 0 Å². The molecule has 1 unspecified atom stereocenters. The Morgan fingerprint density at radius 2 is 1.53 bits per heavy atom. The molecule has 98 valence electrons. The molecule has 1 N–H and O–H groups in total. The van der Waals surface area contributed by atoms with Gasteiger partial charge < -0.3 is 10.2 Å². The molecule has 1 aliphatic rings. The highest BCUT2D eigenvalue weighted by Gasteiger charge is 2.33. The largest absolute Gasteiger partial charge is 0.380 e. The van der Waals surface area contributed by atoms with Gasteiger partial charge in [-0.15, -0.1) is 0 Å². The summed E-state index contributed by atoms with van der Waals surface area (Å²) in [4.78, 5) is 2.39. The molecule has 0 radical (unpaired) electrons.